The summed E-state index contributed by atoms with van der Waals surface area (Å²) >= 11 is 0. The number of hydrogen-bond donors (Lipinski definition) is 1. The van der Waals surface area contributed by atoms with E-state index in [0.29, 0.717) is 17.4 Å². The maximum absolute atomic E-state index is 11.8. The molecule has 0 amide bonds. The Labute approximate surface area is 140 Å². The minimum Gasteiger partial charge on any atom is -0.328 e. The maximum atomic E-state index is 11.8. The predicted molar refractivity (Wildman–Crippen MR) is 93.8 cm³/mol. The molecule has 1 unspecified atom stereocenters. The van der Waals surface area contributed by atoms with E-state index in [9.17, 15) is 4.79 Å². The van der Waals surface area contributed by atoms with Crippen LogP contribution in [0.1, 0.15) is 59.3 Å². The van der Waals surface area contributed by atoms with Crippen LogP contribution in [0.25, 0.3) is 0 Å². The molecule has 0 aromatic heterocycles. The summed E-state index contributed by atoms with van der Waals surface area (Å²) in [5, 5.41) is 0. The highest BCUT2D eigenvalue weighted by molar-refractivity contribution is 6.01. The van der Waals surface area contributed by atoms with Crippen molar-refractivity contribution in [3.63, 3.8) is 0 Å². The van der Waals surface area contributed by atoms with Crippen LogP contribution in [0.3, 0.4) is 0 Å². The molecule has 0 radical (unpaired) electrons. The van der Waals surface area contributed by atoms with E-state index in [1.165, 1.54) is 37.7 Å². The Morgan fingerprint density at radius 2 is 1.96 bits per heavy atom. The minimum absolute atomic E-state index is 0.130. The molecule has 0 bridgehead atoms. The average molecular weight is 313 g/mol. The fourth-order valence-corrected chi connectivity index (χ4v) is 7.10. The molecule has 0 spiro atoms. The van der Waals surface area contributed by atoms with Gasteiger partial charge in [-0.25, -0.2) is 0 Å². The van der Waals surface area contributed by atoms with E-state index < -0.39 is 0 Å². The first-order chi connectivity index (χ1) is 10.9. The lowest BCUT2D eigenvalue weighted by Gasteiger charge is -2.57. The normalized spacial score (nSPS) is 49.9. The Bertz CT molecular complexity index is 589. The van der Waals surface area contributed by atoms with Crippen molar-refractivity contribution in [2.24, 2.45) is 40.2 Å². The van der Waals surface area contributed by atoms with Crippen LogP contribution in [0, 0.1) is 34.5 Å². The molecule has 2 heteroatoms. The van der Waals surface area contributed by atoms with Gasteiger partial charge in [-0.15, -0.1) is 0 Å². The molecular weight excluding hydrogens is 282 g/mol. The Morgan fingerprint density at radius 3 is 2.70 bits per heavy atom. The molecule has 3 fully saturated rings. The van der Waals surface area contributed by atoms with Gasteiger partial charge < -0.3 is 5.73 Å². The first-order valence-corrected chi connectivity index (χ1v) is 9.56. The summed E-state index contributed by atoms with van der Waals surface area (Å²) in [6.07, 6.45) is 13.7. The average Bonchev–Trinajstić information content (AvgIpc) is 2.85. The van der Waals surface area contributed by atoms with Gasteiger partial charge in [0.05, 0.1) is 0 Å². The minimum atomic E-state index is 0.130. The number of allylic oxidation sites excluding steroid dienone is 4. The summed E-state index contributed by atoms with van der Waals surface area (Å²) in [5.74, 6) is 3.26. The third-order valence-electron chi connectivity index (χ3n) is 8.26. The lowest BCUT2D eigenvalue weighted by molar-refractivity contribution is -0.111. The van der Waals surface area contributed by atoms with Crippen molar-refractivity contribution >= 4 is 5.78 Å². The second kappa shape index (κ2) is 5.05. The topological polar surface area (TPSA) is 43.1 Å². The zero-order valence-corrected chi connectivity index (χ0v) is 14.8. The molecule has 2 nitrogen and oxygen atoms in total. The summed E-state index contributed by atoms with van der Waals surface area (Å²) < 4.78 is 0. The lowest BCUT2D eigenvalue weighted by Crippen LogP contribution is -2.51. The van der Waals surface area contributed by atoms with E-state index in [0.717, 1.165) is 24.2 Å². The van der Waals surface area contributed by atoms with Crippen LogP contribution in [0.15, 0.2) is 23.8 Å². The highest BCUT2D eigenvalue weighted by atomic mass is 16.1. The van der Waals surface area contributed by atoms with Crippen molar-refractivity contribution in [1.82, 2.24) is 0 Å². The van der Waals surface area contributed by atoms with Crippen LogP contribution in [-0.2, 0) is 4.79 Å². The molecule has 7 atom stereocenters. The van der Waals surface area contributed by atoms with Gasteiger partial charge in [0, 0.05) is 11.5 Å². The van der Waals surface area contributed by atoms with Crippen LogP contribution in [0.5, 0.6) is 0 Å². The monoisotopic (exact) mass is 313 g/mol. The van der Waals surface area contributed by atoms with E-state index in [2.05, 4.69) is 26.8 Å². The fraction of sp³-hybridized carbons (Fsp3) is 0.762. The summed E-state index contributed by atoms with van der Waals surface area (Å²) in [5.41, 5.74) is 8.32. The van der Waals surface area contributed by atoms with Gasteiger partial charge in [-0.3, -0.25) is 4.79 Å². The third-order valence-corrected chi connectivity index (χ3v) is 8.26. The van der Waals surface area contributed by atoms with Crippen molar-refractivity contribution < 1.29 is 4.79 Å². The SMILES string of the molecule is CC(N)[C@H]1CC[C@H]2[C@@H]3CCC4=CC(=O)C=C[C@]4(C)[C@H]3CC[C@]12C. The highest BCUT2D eigenvalue weighted by Crippen LogP contribution is 2.66. The zero-order chi connectivity index (χ0) is 16.4. The number of fused-ring (bicyclic) bond motifs is 5. The summed E-state index contributed by atoms with van der Waals surface area (Å²) in [7, 11) is 0. The van der Waals surface area contributed by atoms with Gasteiger partial charge in [-0.05, 0) is 86.7 Å². The molecule has 4 aliphatic carbocycles. The van der Waals surface area contributed by atoms with E-state index in [1.807, 2.05) is 12.2 Å². The van der Waals surface area contributed by atoms with E-state index in [1.54, 1.807) is 0 Å². The molecule has 0 aromatic rings. The van der Waals surface area contributed by atoms with Crippen molar-refractivity contribution in [3.8, 4) is 0 Å². The van der Waals surface area contributed by atoms with Crippen molar-refractivity contribution in [2.45, 2.75) is 65.3 Å². The molecule has 3 saturated carbocycles. The second-order valence-electron chi connectivity index (χ2n) is 9.19. The number of carbonyl (C=O) groups excluding carboxylic acids is 1. The molecule has 0 aliphatic heterocycles. The van der Waals surface area contributed by atoms with Crippen molar-refractivity contribution in [2.75, 3.05) is 0 Å². The molecule has 4 aliphatic rings. The number of ketones is 1. The number of hydrogen-bond acceptors (Lipinski definition) is 2. The summed E-state index contributed by atoms with van der Waals surface area (Å²) in [4.78, 5) is 11.8. The second-order valence-corrected chi connectivity index (χ2v) is 9.19. The number of rotatable bonds is 1. The predicted octanol–water partition coefficient (Wildman–Crippen LogP) is 4.26. The third kappa shape index (κ3) is 2.06. The van der Waals surface area contributed by atoms with Crippen LogP contribution < -0.4 is 5.73 Å². The Morgan fingerprint density at radius 1 is 1.17 bits per heavy atom. The standard InChI is InChI=1S/C21H31NO/c1-13(22)17-6-7-18-16-5-4-14-12-15(23)8-10-20(14,2)19(16)9-11-21(17,18)3/h8,10,12-13,16-19H,4-7,9,11,22H2,1-3H3/t13?,16-,17+,18-,19-,20-,21+/m0/s1. The van der Waals surface area contributed by atoms with Crippen molar-refractivity contribution in [3.05, 3.63) is 23.8 Å². The zero-order valence-electron chi connectivity index (χ0n) is 14.8. The van der Waals surface area contributed by atoms with Gasteiger partial charge in [0.25, 0.3) is 0 Å². The van der Waals surface area contributed by atoms with Gasteiger partial charge in [0.15, 0.2) is 5.78 Å². The lowest BCUT2D eigenvalue weighted by atomic mass is 9.47. The first-order valence-electron chi connectivity index (χ1n) is 9.56. The highest BCUT2D eigenvalue weighted by Gasteiger charge is 2.58. The van der Waals surface area contributed by atoms with Gasteiger partial charge in [0.2, 0.25) is 0 Å². The fourth-order valence-electron chi connectivity index (χ4n) is 7.10. The van der Waals surface area contributed by atoms with Crippen molar-refractivity contribution in [1.29, 1.82) is 0 Å². The summed E-state index contributed by atoms with van der Waals surface area (Å²) in [6.45, 7) is 7.13. The van der Waals surface area contributed by atoms with Gasteiger partial charge in [0.1, 0.15) is 0 Å². The summed E-state index contributed by atoms with van der Waals surface area (Å²) in [6, 6.07) is 0.323. The van der Waals surface area contributed by atoms with Gasteiger partial charge >= 0.3 is 0 Å². The van der Waals surface area contributed by atoms with Crippen LogP contribution in [0.4, 0.5) is 0 Å². The maximum Gasteiger partial charge on any atom is 0.178 e. The molecule has 126 valence electrons. The molecule has 0 saturated heterocycles. The Kier molecular flexibility index (Phi) is 3.43. The van der Waals surface area contributed by atoms with E-state index >= 15 is 0 Å². The van der Waals surface area contributed by atoms with Gasteiger partial charge in [-0.1, -0.05) is 25.5 Å². The number of carbonyl (C=O) groups is 1. The van der Waals surface area contributed by atoms with E-state index in [4.69, 9.17) is 5.73 Å². The Hall–Kier alpha value is -0.890. The molecule has 2 N–H and O–H groups in total. The van der Waals surface area contributed by atoms with Crippen LogP contribution in [-0.4, -0.2) is 11.8 Å². The molecule has 0 heterocycles. The molecular formula is C21H31NO. The molecule has 4 rings (SSSR count). The van der Waals surface area contributed by atoms with Crippen LogP contribution >= 0.6 is 0 Å². The quantitative estimate of drug-likeness (QED) is 0.786. The van der Waals surface area contributed by atoms with Gasteiger partial charge in [-0.2, -0.15) is 0 Å². The molecule has 0 aromatic carbocycles. The Balaban J connectivity index is 1.67. The molecule has 23 heavy (non-hydrogen) atoms. The van der Waals surface area contributed by atoms with E-state index in [-0.39, 0.29) is 11.2 Å². The number of nitrogens with two attached hydrogens (primary N) is 1. The largest absolute Gasteiger partial charge is 0.328 e. The smallest absolute Gasteiger partial charge is 0.178 e. The first kappa shape index (κ1) is 15.6. The van der Waals surface area contributed by atoms with Crippen LogP contribution in [0.2, 0.25) is 0 Å².